The molecule has 26 heavy (non-hydrogen) atoms. The van der Waals surface area contributed by atoms with E-state index in [0.717, 1.165) is 12.8 Å². The Bertz CT molecular complexity index is 380. The Morgan fingerprint density at radius 2 is 1.35 bits per heavy atom. The number of amides is 1. The molecule has 0 saturated carbocycles. The monoisotopic (exact) mass is 367 g/mol. The van der Waals surface area contributed by atoms with E-state index >= 15 is 0 Å². The van der Waals surface area contributed by atoms with E-state index in [0.29, 0.717) is 6.42 Å². The summed E-state index contributed by atoms with van der Waals surface area (Å²) in [7, 11) is 1.33. The lowest BCUT2D eigenvalue weighted by molar-refractivity contribution is -0.144. The van der Waals surface area contributed by atoms with Crippen molar-refractivity contribution in [1.82, 2.24) is 5.32 Å². The Balaban J connectivity index is 3.34. The van der Waals surface area contributed by atoms with Crippen LogP contribution in [0.1, 0.15) is 104 Å². The molecule has 4 heteroatoms. The van der Waals surface area contributed by atoms with E-state index in [1.807, 2.05) is 0 Å². The third-order valence-electron chi connectivity index (χ3n) is 4.60. The number of hydrogen-bond acceptors (Lipinski definition) is 3. The van der Waals surface area contributed by atoms with E-state index in [-0.39, 0.29) is 5.91 Å². The van der Waals surface area contributed by atoms with E-state index < -0.39 is 12.0 Å². The van der Waals surface area contributed by atoms with Crippen molar-refractivity contribution in [3.05, 3.63) is 12.2 Å². The van der Waals surface area contributed by atoms with E-state index in [2.05, 4.69) is 29.1 Å². The standard InChI is InChI=1S/C22H41NO3/c1-4-5-6-7-8-9-10-11-12-13-14-15-16-17-18-19-21(24)23-20(2)22(25)26-3/h11-12,20H,4-10,13-19H2,1-3H3,(H,23,24)/b12-11-/t20-/m0/s1. The number of carbonyl (C=O) groups excluding carboxylic acids is 2. The van der Waals surface area contributed by atoms with Gasteiger partial charge in [0.25, 0.3) is 0 Å². The fourth-order valence-electron chi connectivity index (χ4n) is 2.91. The minimum Gasteiger partial charge on any atom is -0.467 e. The second-order valence-corrected chi connectivity index (χ2v) is 7.15. The van der Waals surface area contributed by atoms with Gasteiger partial charge < -0.3 is 10.1 Å². The fraction of sp³-hybridized carbons (Fsp3) is 0.818. The molecule has 1 N–H and O–H groups in total. The number of esters is 1. The van der Waals surface area contributed by atoms with Gasteiger partial charge in [-0.25, -0.2) is 4.79 Å². The molecule has 0 aliphatic carbocycles. The lowest BCUT2D eigenvalue weighted by Gasteiger charge is -2.11. The van der Waals surface area contributed by atoms with Crippen LogP contribution in [0, 0.1) is 0 Å². The molecule has 0 radical (unpaired) electrons. The predicted molar refractivity (Wildman–Crippen MR) is 109 cm³/mol. The van der Waals surface area contributed by atoms with Crippen LogP contribution in [0.4, 0.5) is 0 Å². The Morgan fingerprint density at radius 3 is 1.88 bits per heavy atom. The summed E-state index contributed by atoms with van der Waals surface area (Å²) in [4.78, 5) is 22.9. The van der Waals surface area contributed by atoms with Crippen molar-refractivity contribution < 1.29 is 14.3 Å². The molecule has 0 aromatic carbocycles. The summed E-state index contributed by atoms with van der Waals surface area (Å²) in [5.74, 6) is -0.469. The molecule has 0 spiro atoms. The zero-order chi connectivity index (χ0) is 19.5. The number of hydrogen-bond donors (Lipinski definition) is 1. The zero-order valence-corrected chi connectivity index (χ0v) is 17.4. The summed E-state index contributed by atoms with van der Waals surface area (Å²) in [5, 5.41) is 2.66. The predicted octanol–water partition coefficient (Wildman–Crippen LogP) is 5.70. The third-order valence-corrected chi connectivity index (χ3v) is 4.60. The van der Waals surface area contributed by atoms with Crippen LogP contribution in [-0.4, -0.2) is 25.0 Å². The molecule has 0 saturated heterocycles. The highest BCUT2D eigenvalue weighted by molar-refractivity contribution is 5.83. The second kappa shape index (κ2) is 18.5. The number of rotatable bonds is 17. The van der Waals surface area contributed by atoms with Crippen molar-refractivity contribution in [2.24, 2.45) is 0 Å². The molecule has 0 bridgehead atoms. The van der Waals surface area contributed by atoms with Gasteiger partial charge in [0.2, 0.25) is 5.91 Å². The quantitative estimate of drug-likeness (QED) is 0.204. The Kier molecular flexibility index (Phi) is 17.5. The second-order valence-electron chi connectivity index (χ2n) is 7.15. The van der Waals surface area contributed by atoms with Gasteiger partial charge in [0.05, 0.1) is 7.11 Å². The number of ether oxygens (including phenoxy) is 1. The maximum Gasteiger partial charge on any atom is 0.328 e. The van der Waals surface area contributed by atoms with Crippen LogP contribution in [0.3, 0.4) is 0 Å². The summed E-state index contributed by atoms with van der Waals surface area (Å²) >= 11 is 0. The van der Waals surface area contributed by atoms with Gasteiger partial charge in [0, 0.05) is 6.42 Å². The van der Waals surface area contributed by atoms with E-state index in [4.69, 9.17) is 0 Å². The lowest BCUT2D eigenvalue weighted by atomic mass is 10.1. The molecule has 0 heterocycles. The summed E-state index contributed by atoms with van der Waals surface area (Å²) in [6, 6.07) is -0.560. The minimum atomic E-state index is -0.560. The highest BCUT2D eigenvalue weighted by Gasteiger charge is 2.14. The number of nitrogens with one attached hydrogen (secondary N) is 1. The summed E-state index contributed by atoms with van der Waals surface area (Å²) in [6.07, 6.45) is 21.3. The van der Waals surface area contributed by atoms with Crippen LogP contribution in [0.25, 0.3) is 0 Å². The molecule has 0 unspecified atom stereocenters. The molecule has 0 aliphatic rings. The maximum atomic E-state index is 11.7. The van der Waals surface area contributed by atoms with Gasteiger partial charge in [-0.2, -0.15) is 0 Å². The molecular formula is C22H41NO3. The Labute approximate surface area is 161 Å². The maximum absolute atomic E-state index is 11.7. The highest BCUT2D eigenvalue weighted by atomic mass is 16.5. The van der Waals surface area contributed by atoms with Crippen LogP contribution in [-0.2, 0) is 14.3 Å². The minimum absolute atomic E-state index is 0.0690. The van der Waals surface area contributed by atoms with Crippen molar-refractivity contribution in [3.8, 4) is 0 Å². The van der Waals surface area contributed by atoms with Gasteiger partial charge in [-0.15, -0.1) is 0 Å². The van der Waals surface area contributed by atoms with Gasteiger partial charge >= 0.3 is 5.97 Å². The first kappa shape index (κ1) is 24.7. The third kappa shape index (κ3) is 16.2. The number of carbonyl (C=O) groups is 2. The number of allylic oxidation sites excluding steroid dienone is 2. The molecule has 0 fully saturated rings. The largest absolute Gasteiger partial charge is 0.467 e. The van der Waals surface area contributed by atoms with Crippen molar-refractivity contribution in [1.29, 1.82) is 0 Å². The van der Waals surface area contributed by atoms with Crippen LogP contribution >= 0.6 is 0 Å². The van der Waals surface area contributed by atoms with Crippen molar-refractivity contribution >= 4 is 11.9 Å². The molecule has 4 nitrogen and oxygen atoms in total. The normalized spacial score (nSPS) is 12.3. The summed E-state index contributed by atoms with van der Waals surface area (Å²) in [6.45, 7) is 3.90. The first-order chi connectivity index (χ1) is 12.6. The van der Waals surface area contributed by atoms with Crippen LogP contribution in [0.2, 0.25) is 0 Å². The Hall–Kier alpha value is -1.32. The average Bonchev–Trinajstić information content (AvgIpc) is 2.64. The first-order valence-corrected chi connectivity index (χ1v) is 10.6. The fourth-order valence-corrected chi connectivity index (χ4v) is 2.91. The summed E-state index contributed by atoms with van der Waals surface area (Å²) < 4.78 is 4.58. The van der Waals surface area contributed by atoms with E-state index in [9.17, 15) is 9.59 Å². The van der Waals surface area contributed by atoms with Gasteiger partial charge in [0.1, 0.15) is 6.04 Å². The molecule has 152 valence electrons. The van der Waals surface area contributed by atoms with Crippen molar-refractivity contribution in [3.63, 3.8) is 0 Å². The number of methoxy groups -OCH3 is 1. The first-order valence-electron chi connectivity index (χ1n) is 10.6. The SMILES string of the molecule is CCCCCCCC/C=C\CCCCCCCC(=O)N[C@@H](C)C(=O)OC. The lowest BCUT2D eigenvalue weighted by Crippen LogP contribution is -2.38. The molecule has 0 rings (SSSR count). The average molecular weight is 368 g/mol. The van der Waals surface area contributed by atoms with E-state index in [1.54, 1.807) is 6.92 Å². The van der Waals surface area contributed by atoms with Gasteiger partial charge in [-0.3, -0.25) is 4.79 Å². The molecule has 0 aromatic heterocycles. The van der Waals surface area contributed by atoms with Crippen LogP contribution in [0.15, 0.2) is 12.2 Å². The van der Waals surface area contributed by atoms with Crippen molar-refractivity contribution in [2.45, 2.75) is 110 Å². The van der Waals surface area contributed by atoms with Gasteiger partial charge in [0.15, 0.2) is 0 Å². The smallest absolute Gasteiger partial charge is 0.328 e. The topological polar surface area (TPSA) is 55.4 Å². The van der Waals surface area contributed by atoms with Gasteiger partial charge in [-0.1, -0.05) is 70.4 Å². The highest BCUT2D eigenvalue weighted by Crippen LogP contribution is 2.10. The molecule has 1 atom stereocenters. The van der Waals surface area contributed by atoms with Crippen LogP contribution in [0.5, 0.6) is 0 Å². The van der Waals surface area contributed by atoms with Crippen molar-refractivity contribution in [2.75, 3.05) is 7.11 Å². The molecular weight excluding hydrogens is 326 g/mol. The number of unbranched alkanes of at least 4 members (excludes halogenated alkanes) is 11. The van der Waals surface area contributed by atoms with Crippen LogP contribution < -0.4 is 5.32 Å². The van der Waals surface area contributed by atoms with E-state index in [1.165, 1.54) is 77.7 Å². The zero-order valence-electron chi connectivity index (χ0n) is 17.4. The molecule has 1 amide bonds. The van der Waals surface area contributed by atoms with Gasteiger partial charge in [-0.05, 0) is 39.0 Å². The molecule has 0 aromatic rings. The molecule has 0 aliphatic heterocycles. The Morgan fingerprint density at radius 1 is 0.846 bits per heavy atom. The summed E-state index contributed by atoms with van der Waals surface area (Å²) in [5.41, 5.74) is 0.